The van der Waals surface area contributed by atoms with E-state index in [1.165, 1.54) is 0 Å². The molecule has 29 heavy (non-hydrogen) atoms. The summed E-state index contributed by atoms with van der Waals surface area (Å²) in [5.74, 6) is 1.03. The van der Waals surface area contributed by atoms with Gasteiger partial charge in [0.05, 0.1) is 23.9 Å². The molecule has 2 aromatic carbocycles. The highest BCUT2D eigenvalue weighted by Crippen LogP contribution is 2.23. The number of amides is 1. The molecular formula is C22H26N4O2S. The van der Waals surface area contributed by atoms with Crippen molar-refractivity contribution in [2.24, 2.45) is 11.0 Å². The molecule has 6 nitrogen and oxygen atoms in total. The summed E-state index contributed by atoms with van der Waals surface area (Å²) in [5, 5.41) is 5.34. The van der Waals surface area contributed by atoms with Gasteiger partial charge in [0.25, 0.3) is 5.91 Å². The van der Waals surface area contributed by atoms with Crippen LogP contribution in [0.4, 0.5) is 0 Å². The Morgan fingerprint density at radius 3 is 2.66 bits per heavy atom. The van der Waals surface area contributed by atoms with Crippen LogP contribution in [0.15, 0.2) is 52.7 Å². The van der Waals surface area contributed by atoms with Crippen LogP contribution in [-0.2, 0) is 0 Å². The molecule has 2 N–H and O–H groups in total. The maximum absolute atomic E-state index is 12.4. The Bertz CT molecular complexity index is 994. The van der Waals surface area contributed by atoms with Crippen LogP contribution in [0, 0.1) is 5.92 Å². The molecule has 0 radical (unpaired) electrons. The molecule has 0 unspecified atom stereocenters. The maximum atomic E-state index is 12.4. The van der Waals surface area contributed by atoms with Crippen molar-refractivity contribution in [2.75, 3.05) is 6.61 Å². The molecule has 7 heteroatoms. The minimum Gasteiger partial charge on any atom is -0.493 e. The number of hydrogen-bond donors (Lipinski definition) is 2. The maximum Gasteiger partial charge on any atom is 0.271 e. The van der Waals surface area contributed by atoms with Crippen molar-refractivity contribution in [2.45, 2.75) is 38.1 Å². The summed E-state index contributed by atoms with van der Waals surface area (Å²) in [5.41, 5.74) is 5.64. The Morgan fingerprint density at radius 1 is 1.21 bits per heavy atom. The number of carbonyl (C=O) groups is 1. The number of ether oxygens (including phenoxy) is 1. The van der Waals surface area contributed by atoms with Crippen LogP contribution in [-0.4, -0.2) is 33.9 Å². The fraction of sp³-hybridized carbons (Fsp3) is 0.318. The monoisotopic (exact) mass is 410 g/mol. The van der Waals surface area contributed by atoms with Crippen LogP contribution < -0.4 is 10.2 Å². The zero-order valence-corrected chi connectivity index (χ0v) is 17.9. The van der Waals surface area contributed by atoms with Gasteiger partial charge in [-0.15, -0.1) is 0 Å². The lowest BCUT2D eigenvalue weighted by Crippen LogP contribution is -2.17. The number of hydrogen-bond acceptors (Lipinski definition) is 5. The molecule has 0 bridgehead atoms. The first-order valence-corrected chi connectivity index (χ1v) is 10.5. The molecule has 152 valence electrons. The second-order valence-corrected chi connectivity index (χ2v) is 8.98. The second kappa shape index (κ2) is 9.60. The minimum absolute atomic E-state index is 0.271. The average molecular weight is 411 g/mol. The van der Waals surface area contributed by atoms with Crippen molar-refractivity contribution in [3.8, 4) is 5.75 Å². The molecule has 0 aliphatic heterocycles. The van der Waals surface area contributed by atoms with E-state index in [-0.39, 0.29) is 5.91 Å². The predicted octanol–water partition coefficient (Wildman–Crippen LogP) is 4.86. The van der Waals surface area contributed by atoms with E-state index in [0.717, 1.165) is 27.5 Å². The summed E-state index contributed by atoms with van der Waals surface area (Å²) >= 11 is 1.66. The molecule has 1 heterocycles. The van der Waals surface area contributed by atoms with Crippen LogP contribution in [0.5, 0.6) is 5.75 Å². The van der Waals surface area contributed by atoms with Gasteiger partial charge in [-0.2, -0.15) is 5.10 Å². The quantitative estimate of drug-likeness (QED) is 0.316. The van der Waals surface area contributed by atoms with E-state index in [4.69, 9.17) is 4.74 Å². The van der Waals surface area contributed by atoms with Gasteiger partial charge in [-0.1, -0.05) is 39.5 Å². The van der Waals surface area contributed by atoms with Gasteiger partial charge in [-0.25, -0.2) is 10.4 Å². The van der Waals surface area contributed by atoms with Crippen LogP contribution >= 0.6 is 11.8 Å². The third-order valence-corrected chi connectivity index (χ3v) is 4.80. The molecule has 0 saturated carbocycles. The lowest BCUT2D eigenvalue weighted by molar-refractivity contribution is 0.0955. The topological polar surface area (TPSA) is 79.4 Å². The Balaban J connectivity index is 1.59. The Labute approximate surface area is 175 Å². The number of imidazole rings is 1. The number of aromatic amines is 1. The normalized spacial score (nSPS) is 11.7. The van der Waals surface area contributed by atoms with Gasteiger partial charge in [0, 0.05) is 10.8 Å². The highest BCUT2D eigenvalue weighted by molar-refractivity contribution is 7.99. The molecule has 1 aromatic heterocycles. The number of carbonyl (C=O) groups excluding carboxylic acids is 1. The highest BCUT2D eigenvalue weighted by atomic mass is 32.2. The van der Waals surface area contributed by atoms with Crippen molar-refractivity contribution in [1.29, 1.82) is 0 Å². The Kier molecular flexibility index (Phi) is 6.93. The summed E-state index contributed by atoms with van der Waals surface area (Å²) in [4.78, 5) is 20.2. The molecule has 0 spiro atoms. The fourth-order valence-electron chi connectivity index (χ4n) is 2.55. The third-order valence-electron chi connectivity index (χ3n) is 3.91. The Morgan fingerprint density at radius 2 is 1.97 bits per heavy atom. The summed E-state index contributed by atoms with van der Waals surface area (Å²) in [6.07, 6.45) is 1.61. The number of nitrogens with one attached hydrogen (secondary N) is 2. The number of aromatic nitrogens is 2. The van der Waals surface area contributed by atoms with E-state index in [9.17, 15) is 4.79 Å². The van der Waals surface area contributed by atoms with Crippen LogP contribution in [0.3, 0.4) is 0 Å². The van der Waals surface area contributed by atoms with Crippen LogP contribution in [0.1, 0.15) is 43.6 Å². The summed E-state index contributed by atoms with van der Waals surface area (Å²) < 4.78 is 5.66. The number of thioether (sulfide) groups is 1. The van der Waals surface area contributed by atoms with Crippen molar-refractivity contribution in [3.63, 3.8) is 0 Å². The predicted molar refractivity (Wildman–Crippen MR) is 119 cm³/mol. The average Bonchev–Trinajstić information content (AvgIpc) is 3.07. The highest BCUT2D eigenvalue weighted by Gasteiger charge is 2.09. The van der Waals surface area contributed by atoms with Gasteiger partial charge in [0.1, 0.15) is 5.75 Å². The second-order valence-electron chi connectivity index (χ2n) is 7.41. The third kappa shape index (κ3) is 6.09. The zero-order valence-electron chi connectivity index (χ0n) is 17.1. The molecule has 0 aliphatic rings. The Hall–Kier alpha value is -2.80. The summed E-state index contributed by atoms with van der Waals surface area (Å²) in [7, 11) is 0. The standard InChI is InChI=1S/C22H26N4O2S/c1-14(2)13-28-18-8-5-16(6-9-18)12-23-26-21(27)17-7-10-19-20(11-17)25-22(24-19)29-15(3)4/h5-12,14-15H,13H2,1-4H3,(H,24,25)(H,26,27)/b23-12-. The largest absolute Gasteiger partial charge is 0.493 e. The molecule has 3 aromatic rings. The van der Waals surface area contributed by atoms with E-state index in [0.29, 0.717) is 23.3 Å². The molecule has 0 atom stereocenters. The molecule has 0 aliphatic carbocycles. The van der Waals surface area contributed by atoms with Gasteiger partial charge in [0.2, 0.25) is 0 Å². The minimum atomic E-state index is -0.271. The molecule has 0 fully saturated rings. The first kappa shape index (κ1) is 20.9. The zero-order chi connectivity index (χ0) is 20.8. The van der Waals surface area contributed by atoms with Crippen molar-refractivity contribution < 1.29 is 9.53 Å². The molecule has 0 saturated heterocycles. The smallest absolute Gasteiger partial charge is 0.271 e. The number of H-pyrrole nitrogens is 1. The van der Waals surface area contributed by atoms with Gasteiger partial charge in [0.15, 0.2) is 5.16 Å². The van der Waals surface area contributed by atoms with E-state index >= 15 is 0 Å². The van der Waals surface area contributed by atoms with Gasteiger partial charge in [-0.05, 0) is 53.9 Å². The van der Waals surface area contributed by atoms with Crippen molar-refractivity contribution in [1.82, 2.24) is 15.4 Å². The van der Waals surface area contributed by atoms with E-state index < -0.39 is 0 Å². The molecule has 1 amide bonds. The first-order valence-electron chi connectivity index (χ1n) is 9.63. The fourth-order valence-corrected chi connectivity index (χ4v) is 3.32. The van der Waals surface area contributed by atoms with E-state index in [1.54, 1.807) is 30.1 Å². The van der Waals surface area contributed by atoms with E-state index in [2.05, 4.69) is 48.2 Å². The van der Waals surface area contributed by atoms with Crippen LogP contribution in [0.2, 0.25) is 0 Å². The van der Waals surface area contributed by atoms with Gasteiger partial charge >= 0.3 is 0 Å². The number of benzene rings is 2. The van der Waals surface area contributed by atoms with Crippen LogP contribution in [0.25, 0.3) is 11.0 Å². The van der Waals surface area contributed by atoms with Gasteiger partial charge in [-0.3, -0.25) is 4.79 Å². The molecular weight excluding hydrogens is 384 g/mol. The number of rotatable bonds is 8. The van der Waals surface area contributed by atoms with Crippen molar-refractivity contribution >= 4 is 34.9 Å². The SMILES string of the molecule is CC(C)COc1ccc(/C=N\NC(=O)c2ccc3nc(SC(C)C)[nH]c3c2)cc1. The summed E-state index contributed by atoms with van der Waals surface area (Å²) in [6.45, 7) is 9.12. The van der Waals surface area contributed by atoms with Crippen molar-refractivity contribution in [3.05, 3.63) is 53.6 Å². The molecule has 3 rings (SSSR count). The van der Waals surface area contributed by atoms with Gasteiger partial charge < -0.3 is 9.72 Å². The number of hydrazone groups is 1. The number of fused-ring (bicyclic) bond motifs is 1. The first-order chi connectivity index (χ1) is 13.9. The lowest BCUT2D eigenvalue weighted by atomic mass is 10.2. The number of nitrogens with zero attached hydrogens (tertiary/aromatic N) is 2. The lowest BCUT2D eigenvalue weighted by Gasteiger charge is -2.08. The van der Waals surface area contributed by atoms with E-state index in [1.807, 2.05) is 30.3 Å². The summed E-state index contributed by atoms with van der Waals surface area (Å²) in [6, 6.07) is 13.0.